The van der Waals surface area contributed by atoms with Crippen molar-refractivity contribution in [3.63, 3.8) is 0 Å². The highest BCUT2D eigenvalue weighted by Crippen LogP contribution is 2.22. The lowest BCUT2D eigenvalue weighted by Gasteiger charge is -2.08. The van der Waals surface area contributed by atoms with E-state index in [1.165, 1.54) is 6.92 Å². The minimum Gasteiger partial charge on any atom is -0.359 e. The molecule has 0 radical (unpaired) electrons. The van der Waals surface area contributed by atoms with E-state index in [9.17, 15) is 9.59 Å². The fraction of sp³-hybridized carbons (Fsp3) is 0.389. The molecule has 0 aliphatic heterocycles. The molecule has 2 aromatic rings. The molecule has 0 saturated carbocycles. The fourth-order valence-electron chi connectivity index (χ4n) is 2.53. The van der Waals surface area contributed by atoms with Crippen LogP contribution >= 0.6 is 0 Å². The summed E-state index contributed by atoms with van der Waals surface area (Å²) in [4.78, 5) is 23.1. The number of anilines is 2. The van der Waals surface area contributed by atoms with Crippen LogP contribution in [0.4, 0.5) is 16.2 Å². The number of urea groups is 1. The van der Waals surface area contributed by atoms with Gasteiger partial charge in [0, 0.05) is 30.3 Å². The van der Waals surface area contributed by atoms with Crippen LogP contribution in [0.1, 0.15) is 51.0 Å². The van der Waals surface area contributed by atoms with E-state index in [1.54, 1.807) is 24.3 Å². The summed E-state index contributed by atoms with van der Waals surface area (Å²) in [6.07, 6.45) is 2.00. The number of carbonyl (C=O) groups is 2. The number of benzene rings is 1. The van der Waals surface area contributed by atoms with Crippen molar-refractivity contribution in [2.24, 2.45) is 0 Å². The van der Waals surface area contributed by atoms with E-state index in [2.05, 4.69) is 35.0 Å². The van der Waals surface area contributed by atoms with Gasteiger partial charge >= 0.3 is 6.03 Å². The smallest absolute Gasteiger partial charge is 0.319 e. The molecule has 2 rings (SSSR count). The standard InChI is InChI=1S/C18H24N4O3/c1-4-13(5-2)17-10-16(25-22-17)11-19-18(24)21-15-8-6-7-14(9-15)20-12(3)23/h6-10,13H,4-5,11H2,1-3H3,(H,20,23)(H2,19,21,24). The van der Waals surface area contributed by atoms with Crippen LogP contribution in [-0.2, 0) is 11.3 Å². The Bertz CT molecular complexity index is 723. The van der Waals surface area contributed by atoms with Crippen molar-refractivity contribution in [1.82, 2.24) is 10.5 Å². The number of hydrogen-bond donors (Lipinski definition) is 3. The molecule has 0 fully saturated rings. The summed E-state index contributed by atoms with van der Waals surface area (Å²) in [6, 6.07) is 8.44. The summed E-state index contributed by atoms with van der Waals surface area (Å²) in [5, 5.41) is 12.2. The molecule has 3 N–H and O–H groups in total. The first-order valence-corrected chi connectivity index (χ1v) is 8.39. The predicted molar refractivity (Wildman–Crippen MR) is 96.4 cm³/mol. The van der Waals surface area contributed by atoms with E-state index in [4.69, 9.17) is 4.52 Å². The third-order valence-electron chi connectivity index (χ3n) is 3.85. The molecule has 7 nitrogen and oxygen atoms in total. The second-order valence-corrected chi connectivity index (χ2v) is 5.80. The van der Waals surface area contributed by atoms with E-state index in [0.717, 1.165) is 18.5 Å². The van der Waals surface area contributed by atoms with Gasteiger partial charge < -0.3 is 20.5 Å². The summed E-state index contributed by atoms with van der Waals surface area (Å²) in [5.41, 5.74) is 2.12. The average Bonchev–Trinajstić information content (AvgIpc) is 3.03. The highest BCUT2D eigenvalue weighted by molar-refractivity contribution is 5.92. The summed E-state index contributed by atoms with van der Waals surface area (Å²) in [6.45, 7) is 5.91. The number of aromatic nitrogens is 1. The van der Waals surface area contributed by atoms with Gasteiger partial charge in [0.2, 0.25) is 5.91 Å². The van der Waals surface area contributed by atoms with Gasteiger partial charge in [-0.3, -0.25) is 4.79 Å². The Kier molecular flexibility index (Phi) is 6.56. The minimum absolute atomic E-state index is 0.166. The molecular weight excluding hydrogens is 320 g/mol. The molecular formula is C18H24N4O3. The second kappa shape index (κ2) is 8.86. The Morgan fingerprint density at radius 1 is 1.12 bits per heavy atom. The molecule has 0 atom stereocenters. The highest BCUT2D eigenvalue weighted by atomic mass is 16.5. The van der Waals surface area contributed by atoms with Gasteiger partial charge in [0.1, 0.15) is 0 Å². The first-order chi connectivity index (χ1) is 12.0. The number of rotatable bonds is 7. The van der Waals surface area contributed by atoms with E-state index < -0.39 is 0 Å². The Morgan fingerprint density at radius 2 is 1.80 bits per heavy atom. The molecule has 0 saturated heterocycles. The molecule has 1 heterocycles. The van der Waals surface area contributed by atoms with Crippen molar-refractivity contribution in [3.05, 3.63) is 41.8 Å². The van der Waals surface area contributed by atoms with Gasteiger partial charge in [-0.1, -0.05) is 25.1 Å². The quantitative estimate of drug-likeness (QED) is 0.710. The molecule has 0 spiro atoms. The third-order valence-corrected chi connectivity index (χ3v) is 3.85. The van der Waals surface area contributed by atoms with Crippen molar-refractivity contribution in [2.75, 3.05) is 10.6 Å². The summed E-state index contributed by atoms with van der Waals surface area (Å²) in [7, 11) is 0. The van der Waals surface area contributed by atoms with Crippen molar-refractivity contribution in [2.45, 2.75) is 46.1 Å². The monoisotopic (exact) mass is 344 g/mol. The number of amides is 3. The summed E-state index contributed by atoms with van der Waals surface area (Å²) in [5.74, 6) is 0.826. The minimum atomic E-state index is -0.361. The van der Waals surface area contributed by atoms with Gasteiger partial charge in [-0.2, -0.15) is 0 Å². The topological polar surface area (TPSA) is 96.3 Å². The maximum absolute atomic E-state index is 12.0. The number of hydrogen-bond acceptors (Lipinski definition) is 4. The zero-order chi connectivity index (χ0) is 18.2. The van der Waals surface area contributed by atoms with Crippen LogP contribution in [-0.4, -0.2) is 17.1 Å². The van der Waals surface area contributed by atoms with Crippen molar-refractivity contribution in [1.29, 1.82) is 0 Å². The maximum Gasteiger partial charge on any atom is 0.319 e. The van der Waals surface area contributed by atoms with Crippen LogP contribution in [0.5, 0.6) is 0 Å². The first-order valence-electron chi connectivity index (χ1n) is 8.39. The normalized spacial score (nSPS) is 10.6. The number of nitrogens with one attached hydrogen (secondary N) is 3. The van der Waals surface area contributed by atoms with Crippen LogP contribution in [0.2, 0.25) is 0 Å². The van der Waals surface area contributed by atoms with Crippen LogP contribution in [0.3, 0.4) is 0 Å². The molecule has 1 aromatic heterocycles. The lowest BCUT2D eigenvalue weighted by atomic mass is 9.99. The van der Waals surface area contributed by atoms with E-state index in [1.807, 2.05) is 6.07 Å². The van der Waals surface area contributed by atoms with Crippen molar-refractivity contribution < 1.29 is 14.1 Å². The van der Waals surface area contributed by atoms with E-state index in [0.29, 0.717) is 23.1 Å². The molecule has 0 bridgehead atoms. The highest BCUT2D eigenvalue weighted by Gasteiger charge is 2.13. The molecule has 0 aliphatic carbocycles. The fourth-order valence-corrected chi connectivity index (χ4v) is 2.53. The Morgan fingerprint density at radius 3 is 2.44 bits per heavy atom. The Balaban J connectivity index is 1.87. The predicted octanol–water partition coefficient (Wildman–Crippen LogP) is 3.86. The van der Waals surface area contributed by atoms with Crippen LogP contribution in [0.25, 0.3) is 0 Å². The van der Waals surface area contributed by atoms with Crippen LogP contribution in [0.15, 0.2) is 34.9 Å². The molecule has 7 heteroatoms. The Hall–Kier alpha value is -2.83. The molecule has 3 amide bonds. The molecule has 0 unspecified atom stereocenters. The SMILES string of the molecule is CCC(CC)c1cc(CNC(=O)Nc2cccc(NC(C)=O)c2)on1. The number of nitrogens with zero attached hydrogens (tertiary/aromatic N) is 1. The lowest BCUT2D eigenvalue weighted by molar-refractivity contribution is -0.114. The molecule has 0 aliphatic rings. The van der Waals surface area contributed by atoms with E-state index >= 15 is 0 Å². The van der Waals surface area contributed by atoms with Crippen LogP contribution in [0, 0.1) is 0 Å². The summed E-state index contributed by atoms with van der Waals surface area (Å²) < 4.78 is 5.27. The Labute approximate surface area is 147 Å². The van der Waals surface area contributed by atoms with Crippen LogP contribution < -0.4 is 16.0 Å². The molecule has 134 valence electrons. The third kappa shape index (κ3) is 5.63. The zero-order valence-electron chi connectivity index (χ0n) is 14.8. The largest absolute Gasteiger partial charge is 0.359 e. The van der Waals surface area contributed by atoms with Gasteiger partial charge in [-0.25, -0.2) is 4.79 Å². The first kappa shape index (κ1) is 18.5. The lowest BCUT2D eigenvalue weighted by Crippen LogP contribution is -2.28. The van der Waals surface area contributed by atoms with Gasteiger partial charge in [0.05, 0.1) is 12.2 Å². The van der Waals surface area contributed by atoms with Gasteiger partial charge in [-0.05, 0) is 31.0 Å². The zero-order valence-corrected chi connectivity index (χ0v) is 14.8. The van der Waals surface area contributed by atoms with Crippen molar-refractivity contribution >= 4 is 23.3 Å². The van der Waals surface area contributed by atoms with Gasteiger partial charge in [-0.15, -0.1) is 0 Å². The number of carbonyl (C=O) groups excluding carboxylic acids is 2. The molecule has 1 aromatic carbocycles. The van der Waals surface area contributed by atoms with Crippen molar-refractivity contribution in [3.8, 4) is 0 Å². The van der Waals surface area contributed by atoms with E-state index in [-0.39, 0.29) is 18.5 Å². The molecule has 25 heavy (non-hydrogen) atoms. The van der Waals surface area contributed by atoms with Gasteiger partial charge in [0.25, 0.3) is 0 Å². The maximum atomic E-state index is 12.0. The summed E-state index contributed by atoms with van der Waals surface area (Å²) >= 11 is 0. The van der Waals surface area contributed by atoms with Gasteiger partial charge in [0.15, 0.2) is 5.76 Å². The second-order valence-electron chi connectivity index (χ2n) is 5.80. The average molecular weight is 344 g/mol.